The summed E-state index contributed by atoms with van der Waals surface area (Å²) in [6.07, 6.45) is 0.0289. The Morgan fingerprint density at radius 3 is 2.33 bits per heavy atom. The fourth-order valence-corrected chi connectivity index (χ4v) is 4.36. The lowest BCUT2D eigenvalue weighted by molar-refractivity contribution is -0.151. The van der Waals surface area contributed by atoms with Gasteiger partial charge in [0.15, 0.2) is 12.4 Å². The van der Waals surface area contributed by atoms with Gasteiger partial charge in [-0.3, -0.25) is 14.4 Å². The van der Waals surface area contributed by atoms with Crippen LogP contribution in [0.1, 0.15) is 34.2 Å². The normalized spacial score (nSPS) is 13.6. The summed E-state index contributed by atoms with van der Waals surface area (Å²) in [6, 6.07) is 14.1. The summed E-state index contributed by atoms with van der Waals surface area (Å²) in [7, 11) is 0. The maximum atomic E-state index is 14.5. The van der Waals surface area contributed by atoms with Gasteiger partial charge in [-0.1, -0.05) is 18.2 Å². The number of halogens is 1. The first kappa shape index (κ1) is 25.1. The Morgan fingerprint density at radius 2 is 1.69 bits per heavy atom. The number of nitrogens with zero attached hydrogens (tertiary/aromatic N) is 4. The van der Waals surface area contributed by atoms with E-state index in [4.69, 9.17) is 4.74 Å². The lowest BCUT2D eigenvalue weighted by atomic mass is 10.1. The molecule has 0 radical (unpaired) electrons. The number of ketones is 1. The lowest BCUT2D eigenvalue weighted by Gasteiger charge is -2.36. The molecule has 0 spiro atoms. The topological polar surface area (TPSA) is 84.7 Å². The number of carbonyl (C=O) groups is 3. The molecular formula is C27H29FN4O4. The Kier molecular flexibility index (Phi) is 7.47. The summed E-state index contributed by atoms with van der Waals surface area (Å²) < 4.78 is 21.5. The molecule has 0 aliphatic carbocycles. The van der Waals surface area contributed by atoms with Crippen LogP contribution in [0.5, 0.6) is 0 Å². The zero-order valence-corrected chi connectivity index (χ0v) is 20.7. The second kappa shape index (κ2) is 10.7. The average Bonchev–Trinajstić information content (AvgIpc) is 3.16. The largest absolute Gasteiger partial charge is 0.455 e. The van der Waals surface area contributed by atoms with E-state index in [1.54, 1.807) is 21.7 Å². The number of piperazine rings is 1. The van der Waals surface area contributed by atoms with Gasteiger partial charge in [-0.25, -0.2) is 9.07 Å². The monoisotopic (exact) mass is 492 g/mol. The summed E-state index contributed by atoms with van der Waals surface area (Å²) in [5.74, 6) is -1.43. The van der Waals surface area contributed by atoms with Crippen LogP contribution in [0.25, 0.3) is 5.69 Å². The van der Waals surface area contributed by atoms with Crippen molar-refractivity contribution in [3.05, 3.63) is 76.9 Å². The maximum absolute atomic E-state index is 14.5. The van der Waals surface area contributed by atoms with Crippen LogP contribution >= 0.6 is 0 Å². The molecule has 188 valence electrons. The number of aromatic nitrogens is 2. The second-order valence-electron chi connectivity index (χ2n) is 8.82. The second-order valence-corrected chi connectivity index (χ2v) is 8.82. The number of hydrogen-bond acceptors (Lipinski definition) is 6. The molecular weight excluding hydrogens is 463 g/mol. The third-order valence-corrected chi connectivity index (χ3v) is 6.45. The minimum atomic E-state index is -0.492. The van der Waals surface area contributed by atoms with Gasteiger partial charge in [0.1, 0.15) is 5.82 Å². The van der Waals surface area contributed by atoms with E-state index in [0.717, 1.165) is 22.6 Å². The van der Waals surface area contributed by atoms with Crippen LogP contribution in [0.3, 0.4) is 0 Å². The molecule has 1 aliphatic rings. The molecule has 4 rings (SSSR count). The van der Waals surface area contributed by atoms with E-state index in [-0.39, 0.29) is 24.7 Å². The van der Waals surface area contributed by atoms with Gasteiger partial charge in [0, 0.05) is 43.0 Å². The van der Waals surface area contributed by atoms with Gasteiger partial charge in [-0.15, -0.1) is 0 Å². The van der Waals surface area contributed by atoms with Gasteiger partial charge >= 0.3 is 5.97 Å². The average molecular weight is 493 g/mol. The van der Waals surface area contributed by atoms with Crippen LogP contribution in [0.4, 0.5) is 10.1 Å². The first-order chi connectivity index (χ1) is 17.2. The summed E-state index contributed by atoms with van der Waals surface area (Å²) in [5.41, 5.74) is 4.00. The van der Waals surface area contributed by atoms with Gasteiger partial charge in [-0.05, 0) is 51.1 Å². The van der Waals surface area contributed by atoms with Crippen molar-refractivity contribution >= 4 is 23.3 Å². The molecule has 2 aromatic carbocycles. The van der Waals surface area contributed by atoms with Crippen LogP contribution in [0.2, 0.25) is 0 Å². The zero-order valence-electron chi connectivity index (χ0n) is 20.7. The Balaban J connectivity index is 1.28. The number of para-hydroxylation sites is 1. The maximum Gasteiger partial charge on any atom is 0.310 e. The fraction of sp³-hybridized carbons (Fsp3) is 0.333. The van der Waals surface area contributed by atoms with E-state index in [1.165, 1.54) is 13.0 Å². The number of ether oxygens (including phenoxy) is 1. The molecule has 0 N–H and O–H groups in total. The highest BCUT2D eigenvalue weighted by Gasteiger charge is 2.24. The first-order valence-electron chi connectivity index (χ1n) is 11.8. The van der Waals surface area contributed by atoms with Crippen molar-refractivity contribution in [3.63, 3.8) is 0 Å². The van der Waals surface area contributed by atoms with Gasteiger partial charge < -0.3 is 14.5 Å². The summed E-state index contributed by atoms with van der Waals surface area (Å²) >= 11 is 0. The van der Waals surface area contributed by atoms with E-state index >= 15 is 0 Å². The van der Waals surface area contributed by atoms with Crippen molar-refractivity contribution < 1.29 is 23.5 Å². The van der Waals surface area contributed by atoms with Gasteiger partial charge in [0.25, 0.3) is 5.91 Å². The Labute approximate surface area is 209 Å². The standard InChI is InChI=1S/C27H29FN4O4/c1-18-23(19(2)32(29-18)22-7-5-4-6-8-22)16-27(35)36-17-26(34)31-13-11-30(12-14-31)25-10-9-21(20(3)33)15-24(25)28/h4-10,15H,11-14,16-17H2,1-3H3. The van der Waals surface area contributed by atoms with Gasteiger partial charge in [0.05, 0.1) is 23.5 Å². The van der Waals surface area contributed by atoms with Crippen LogP contribution in [0, 0.1) is 19.7 Å². The van der Waals surface area contributed by atoms with Crippen molar-refractivity contribution in [2.24, 2.45) is 0 Å². The summed E-state index contributed by atoms with van der Waals surface area (Å²) in [4.78, 5) is 40.0. The SMILES string of the molecule is CC(=O)c1ccc(N2CCN(C(=O)COC(=O)Cc3c(C)nn(-c4ccccc4)c3C)CC2)c(F)c1. The highest BCUT2D eigenvalue weighted by molar-refractivity contribution is 5.94. The van der Waals surface area contributed by atoms with Crippen LogP contribution in [-0.4, -0.2) is 65.1 Å². The lowest BCUT2D eigenvalue weighted by Crippen LogP contribution is -2.50. The van der Waals surface area contributed by atoms with E-state index in [2.05, 4.69) is 5.10 Å². The quantitative estimate of drug-likeness (QED) is 0.372. The number of hydrogen-bond donors (Lipinski definition) is 0. The van der Waals surface area contributed by atoms with Crippen molar-refractivity contribution in [2.45, 2.75) is 27.2 Å². The Morgan fingerprint density at radius 1 is 1.00 bits per heavy atom. The molecule has 3 aromatic rings. The van der Waals surface area contributed by atoms with E-state index in [9.17, 15) is 18.8 Å². The molecule has 2 heterocycles. The minimum Gasteiger partial charge on any atom is -0.455 e. The highest BCUT2D eigenvalue weighted by Crippen LogP contribution is 2.23. The number of rotatable bonds is 7. The number of amides is 1. The number of benzene rings is 2. The molecule has 9 heteroatoms. The number of Topliss-reactive ketones (excluding diaryl/α,β-unsaturated/α-hetero) is 1. The molecule has 0 bridgehead atoms. The molecule has 1 fully saturated rings. The molecule has 1 aliphatic heterocycles. The Hall–Kier alpha value is -4.01. The fourth-order valence-electron chi connectivity index (χ4n) is 4.36. The molecule has 0 unspecified atom stereocenters. The van der Waals surface area contributed by atoms with E-state index < -0.39 is 11.8 Å². The van der Waals surface area contributed by atoms with E-state index in [0.29, 0.717) is 37.4 Å². The molecule has 1 amide bonds. The molecule has 36 heavy (non-hydrogen) atoms. The van der Waals surface area contributed by atoms with Crippen molar-refractivity contribution in [1.82, 2.24) is 14.7 Å². The van der Waals surface area contributed by atoms with Crippen LogP contribution in [0.15, 0.2) is 48.5 Å². The van der Waals surface area contributed by atoms with Crippen LogP contribution < -0.4 is 4.90 Å². The number of anilines is 1. The summed E-state index contributed by atoms with van der Waals surface area (Å²) in [5, 5.41) is 4.54. The molecule has 1 aromatic heterocycles. The molecule has 0 atom stereocenters. The molecule has 0 saturated carbocycles. The predicted octanol–water partition coefficient (Wildman–Crippen LogP) is 3.27. The Bertz CT molecular complexity index is 1280. The molecule has 8 nitrogen and oxygen atoms in total. The highest BCUT2D eigenvalue weighted by atomic mass is 19.1. The third kappa shape index (κ3) is 5.45. The number of aryl methyl sites for hydroxylation is 1. The predicted molar refractivity (Wildman–Crippen MR) is 133 cm³/mol. The van der Waals surface area contributed by atoms with E-state index in [1.807, 2.05) is 49.1 Å². The molecule has 1 saturated heterocycles. The zero-order chi connectivity index (χ0) is 25.8. The van der Waals surface area contributed by atoms with Gasteiger partial charge in [-0.2, -0.15) is 5.10 Å². The first-order valence-corrected chi connectivity index (χ1v) is 11.8. The van der Waals surface area contributed by atoms with Crippen LogP contribution in [-0.2, 0) is 20.7 Å². The minimum absolute atomic E-state index is 0.0289. The summed E-state index contributed by atoms with van der Waals surface area (Å²) in [6.45, 7) is 6.43. The van der Waals surface area contributed by atoms with Crippen molar-refractivity contribution in [2.75, 3.05) is 37.7 Å². The number of carbonyl (C=O) groups excluding carboxylic acids is 3. The third-order valence-electron chi connectivity index (χ3n) is 6.45. The smallest absolute Gasteiger partial charge is 0.310 e. The van der Waals surface area contributed by atoms with Crippen molar-refractivity contribution in [1.29, 1.82) is 0 Å². The number of esters is 1. The van der Waals surface area contributed by atoms with Crippen molar-refractivity contribution in [3.8, 4) is 5.69 Å². The van der Waals surface area contributed by atoms with Gasteiger partial charge in [0.2, 0.25) is 0 Å².